The van der Waals surface area contributed by atoms with Crippen molar-refractivity contribution >= 4 is 0 Å². The lowest BCUT2D eigenvalue weighted by atomic mass is 10.0. The molecule has 2 aromatic carbocycles. The van der Waals surface area contributed by atoms with Crippen LogP contribution in [-0.4, -0.2) is 30.0 Å². The highest BCUT2D eigenvalue weighted by Crippen LogP contribution is 2.41. The number of aromatic hydroxyl groups is 2. The third-order valence-corrected chi connectivity index (χ3v) is 4.81. The number of hydrogen-bond donors (Lipinski definition) is 2. The van der Waals surface area contributed by atoms with Gasteiger partial charge in [0.1, 0.15) is 28.4 Å². The molecule has 0 radical (unpaired) electrons. The van der Waals surface area contributed by atoms with Gasteiger partial charge in [0, 0.05) is 18.8 Å². The zero-order valence-electron chi connectivity index (χ0n) is 18.8. The van der Waals surface area contributed by atoms with Crippen molar-refractivity contribution in [2.75, 3.05) is 19.8 Å². The van der Waals surface area contributed by atoms with Gasteiger partial charge in [-0.05, 0) is 69.9 Å². The number of rotatable bonds is 2. The maximum absolute atomic E-state index is 12.7. The predicted octanol–water partition coefficient (Wildman–Crippen LogP) is 6.94. The monoisotopic (exact) mass is 482 g/mol. The first-order valence-electron chi connectivity index (χ1n) is 10.2. The van der Waals surface area contributed by atoms with Crippen LogP contribution in [0.5, 0.6) is 17.2 Å². The zero-order chi connectivity index (χ0) is 25.4. The largest absolute Gasteiger partial charge is 0.508 e. The van der Waals surface area contributed by atoms with Gasteiger partial charge in [0.2, 0.25) is 0 Å². The number of ether oxygens (including phenoxy) is 2. The SMILES string of the molecule is C1CCOC1.CCOc1ccc(C)c(C)c1C(F)(F)F.Cc1c(O)ccc(O)c1C(F)(F)F. The standard InChI is InChI=1S/C11H13F3O.C8H7F3O2.C4H8O/c1-4-15-9-6-5-7(2)8(3)10(9)11(12,13)14;1-4-5(12)2-3-6(13)7(4)8(9,10)11;1-2-4-5-3-1/h5-6H,4H2,1-3H3;2-3,12-13H,1H3;1-4H2. The highest BCUT2D eigenvalue weighted by molar-refractivity contribution is 5.48. The fraction of sp³-hybridized carbons (Fsp3) is 0.478. The Balaban J connectivity index is 0.000000274. The van der Waals surface area contributed by atoms with Crippen LogP contribution in [0.15, 0.2) is 24.3 Å². The Labute approximate surface area is 188 Å². The molecule has 0 amide bonds. The summed E-state index contributed by atoms with van der Waals surface area (Å²) in [5, 5.41) is 17.9. The molecule has 186 valence electrons. The third-order valence-electron chi connectivity index (χ3n) is 4.81. The first kappa shape index (κ1) is 28.4. The fourth-order valence-electron chi connectivity index (χ4n) is 2.97. The van der Waals surface area contributed by atoms with E-state index in [0.717, 1.165) is 32.3 Å². The number of phenolic OH excluding ortho intramolecular Hbond substituents is 2. The van der Waals surface area contributed by atoms with E-state index in [1.54, 1.807) is 19.9 Å². The summed E-state index contributed by atoms with van der Waals surface area (Å²) >= 11 is 0. The highest BCUT2D eigenvalue weighted by atomic mass is 19.4. The Hall–Kier alpha value is -2.62. The number of halogens is 6. The summed E-state index contributed by atoms with van der Waals surface area (Å²) in [6, 6.07) is 4.83. The van der Waals surface area contributed by atoms with Gasteiger partial charge in [-0.25, -0.2) is 0 Å². The molecule has 0 aliphatic carbocycles. The van der Waals surface area contributed by atoms with Gasteiger partial charge >= 0.3 is 12.4 Å². The predicted molar refractivity (Wildman–Crippen MR) is 112 cm³/mol. The van der Waals surface area contributed by atoms with Crippen LogP contribution < -0.4 is 4.74 Å². The highest BCUT2D eigenvalue weighted by Gasteiger charge is 2.37. The lowest BCUT2D eigenvalue weighted by molar-refractivity contribution is -0.140. The van der Waals surface area contributed by atoms with Crippen molar-refractivity contribution < 1.29 is 46.0 Å². The second kappa shape index (κ2) is 12.0. The third kappa shape index (κ3) is 8.34. The number of aryl methyl sites for hydroxylation is 1. The number of phenols is 2. The van der Waals surface area contributed by atoms with Gasteiger partial charge in [-0.3, -0.25) is 0 Å². The van der Waals surface area contributed by atoms with Crippen molar-refractivity contribution in [2.45, 2.75) is 52.9 Å². The Morgan fingerprint density at radius 3 is 1.70 bits per heavy atom. The molecule has 1 fully saturated rings. The van der Waals surface area contributed by atoms with Gasteiger partial charge in [0.25, 0.3) is 0 Å². The maximum atomic E-state index is 12.7. The molecule has 1 heterocycles. The second-order valence-corrected chi connectivity index (χ2v) is 7.23. The van der Waals surface area contributed by atoms with E-state index in [9.17, 15) is 26.3 Å². The Bertz CT molecular complexity index is 896. The van der Waals surface area contributed by atoms with Crippen molar-refractivity contribution in [1.82, 2.24) is 0 Å². The van der Waals surface area contributed by atoms with Gasteiger partial charge in [-0.15, -0.1) is 0 Å². The molecular formula is C23H28F6O4. The van der Waals surface area contributed by atoms with E-state index < -0.39 is 35.0 Å². The molecule has 10 heteroatoms. The van der Waals surface area contributed by atoms with Crippen LogP contribution in [0, 0.1) is 20.8 Å². The molecular weight excluding hydrogens is 454 g/mol. The Kier molecular flexibility index (Phi) is 10.3. The molecule has 2 N–H and O–H groups in total. The molecule has 0 saturated carbocycles. The van der Waals surface area contributed by atoms with Crippen LogP contribution in [-0.2, 0) is 17.1 Å². The van der Waals surface area contributed by atoms with Gasteiger partial charge in [0.15, 0.2) is 0 Å². The van der Waals surface area contributed by atoms with Crippen LogP contribution in [0.3, 0.4) is 0 Å². The minimum absolute atomic E-state index is 0.0897. The minimum atomic E-state index is -4.65. The number of benzene rings is 2. The van der Waals surface area contributed by atoms with Gasteiger partial charge in [-0.1, -0.05) is 6.07 Å². The summed E-state index contributed by atoms with van der Waals surface area (Å²) in [4.78, 5) is 0. The molecule has 0 spiro atoms. The molecule has 0 aromatic heterocycles. The van der Waals surface area contributed by atoms with E-state index in [4.69, 9.17) is 19.7 Å². The van der Waals surface area contributed by atoms with E-state index in [-0.39, 0.29) is 23.5 Å². The summed E-state index contributed by atoms with van der Waals surface area (Å²) in [5.74, 6) is -1.44. The van der Waals surface area contributed by atoms with Crippen LogP contribution in [0.2, 0.25) is 0 Å². The van der Waals surface area contributed by atoms with E-state index in [1.807, 2.05) is 0 Å². The molecule has 1 aliphatic rings. The van der Waals surface area contributed by atoms with E-state index in [1.165, 1.54) is 25.8 Å². The average Bonchev–Trinajstić information content (AvgIpc) is 3.27. The van der Waals surface area contributed by atoms with E-state index in [2.05, 4.69) is 0 Å². The zero-order valence-corrected chi connectivity index (χ0v) is 18.8. The van der Waals surface area contributed by atoms with Crippen LogP contribution in [0.25, 0.3) is 0 Å². The molecule has 1 aliphatic heterocycles. The molecule has 0 bridgehead atoms. The average molecular weight is 482 g/mol. The van der Waals surface area contributed by atoms with Gasteiger partial charge in [0.05, 0.1) is 6.61 Å². The lowest BCUT2D eigenvalue weighted by Gasteiger charge is -2.17. The summed E-state index contributed by atoms with van der Waals surface area (Å²) in [6.45, 7) is 8.10. The van der Waals surface area contributed by atoms with Crippen molar-refractivity contribution in [1.29, 1.82) is 0 Å². The Morgan fingerprint density at radius 2 is 1.30 bits per heavy atom. The summed E-state index contributed by atoms with van der Waals surface area (Å²) < 4.78 is 84.8. The van der Waals surface area contributed by atoms with Gasteiger partial charge < -0.3 is 19.7 Å². The fourth-order valence-corrected chi connectivity index (χ4v) is 2.97. The first-order chi connectivity index (χ1) is 15.2. The second-order valence-electron chi connectivity index (χ2n) is 7.23. The molecule has 1 saturated heterocycles. The van der Waals surface area contributed by atoms with Gasteiger partial charge in [-0.2, -0.15) is 26.3 Å². The molecule has 0 atom stereocenters. The topological polar surface area (TPSA) is 58.9 Å². The smallest absolute Gasteiger partial charge is 0.420 e. The maximum Gasteiger partial charge on any atom is 0.420 e. The summed E-state index contributed by atoms with van der Waals surface area (Å²) in [7, 11) is 0. The normalized spacial score (nSPS) is 13.5. The number of hydrogen-bond acceptors (Lipinski definition) is 4. The first-order valence-corrected chi connectivity index (χ1v) is 10.2. The van der Waals surface area contributed by atoms with Crippen LogP contribution >= 0.6 is 0 Å². The van der Waals surface area contributed by atoms with E-state index in [0.29, 0.717) is 5.56 Å². The van der Waals surface area contributed by atoms with E-state index >= 15 is 0 Å². The minimum Gasteiger partial charge on any atom is -0.508 e. The van der Waals surface area contributed by atoms with Crippen molar-refractivity contribution in [3.05, 3.63) is 52.1 Å². The Morgan fingerprint density at radius 1 is 0.788 bits per heavy atom. The molecule has 4 nitrogen and oxygen atoms in total. The van der Waals surface area contributed by atoms with Crippen LogP contribution in [0.4, 0.5) is 26.3 Å². The number of alkyl halides is 6. The summed E-state index contributed by atoms with van der Waals surface area (Å²) in [5.41, 5.74) is -1.37. The molecule has 0 unspecified atom stereocenters. The van der Waals surface area contributed by atoms with Crippen molar-refractivity contribution in [3.8, 4) is 17.2 Å². The molecule has 3 rings (SSSR count). The lowest BCUT2D eigenvalue weighted by Crippen LogP contribution is -2.11. The quantitative estimate of drug-likeness (QED) is 0.360. The van der Waals surface area contributed by atoms with Crippen molar-refractivity contribution in [2.24, 2.45) is 0 Å². The van der Waals surface area contributed by atoms with Crippen LogP contribution in [0.1, 0.15) is 47.6 Å². The molecule has 33 heavy (non-hydrogen) atoms. The summed E-state index contributed by atoms with van der Waals surface area (Å²) in [6.07, 6.45) is -6.45. The molecule has 2 aromatic rings. The van der Waals surface area contributed by atoms with Crippen molar-refractivity contribution in [3.63, 3.8) is 0 Å².